The largest absolute Gasteiger partial charge is 0.481 e. The lowest BCUT2D eigenvalue weighted by Crippen LogP contribution is -2.50. The number of anilines is 2. The van der Waals surface area contributed by atoms with Gasteiger partial charge in [0.15, 0.2) is 11.9 Å². The predicted molar refractivity (Wildman–Crippen MR) is 123 cm³/mol. The first-order chi connectivity index (χ1) is 16.2. The molecule has 2 amide bonds. The molecule has 0 aromatic heterocycles. The number of alkyl halides is 1. The summed E-state index contributed by atoms with van der Waals surface area (Å²) in [7, 11) is 0. The number of aryl methyl sites for hydroxylation is 2. The second kappa shape index (κ2) is 10.9. The lowest BCUT2D eigenvalue weighted by Gasteiger charge is -2.28. The van der Waals surface area contributed by atoms with E-state index in [4.69, 9.17) is 9.84 Å². The number of carbonyl (C=O) groups excluding carboxylic acids is 3. The van der Waals surface area contributed by atoms with E-state index in [2.05, 4.69) is 5.32 Å². The Labute approximate surface area is 196 Å². The number of carboxylic acids is 1. The van der Waals surface area contributed by atoms with E-state index in [0.717, 1.165) is 11.1 Å². The van der Waals surface area contributed by atoms with Crippen LogP contribution in [0.25, 0.3) is 0 Å². The van der Waals surface area contributed by atoms with Gasteiger partial charge in [-0.15, -0.1) is 0 Å². The fourth-order valence-corrected chi connectivity index (χ4v) is 3.90. The van der Waals surface area contributed by atoms with Gasteiger partial charge in [0.1, 0.15) is 12.7 Å². The number of para-hydroxylation sites is 2. The first-order valence-electron chi connectivity index (χ1n) is 11.0. The zero-order valence-electron chi connectivity index (χ0n) is 19.0. The van der Waals surface area contributed by atoms with Crippen LogP contribution in [-0.4, -0.2) is 47.7 Å². The summed E-state index contributed by atoms with van der Waals surface area (Å²) >= 11 is 0. The van der Waals surface area contributed by atoms with Gasteiger partial charge in [-0.05, 0) is 42.0 Å². The molecule has 0 aliphatic carbocycles. The standard InChI is InChI=1S/C25H27FN2O6/c1-15(2)23(24(32)27-18(13-22(30)31)21(29)14-26)34-25(33)28-19-9-5-3-7-16(19)11-12-17-8-4-6-10-20(17)28/h3-10,15,18,23H,11-14H2,1-2H3,(H,27,32)(H,30,31). The highest BCUT2D eigenvalue weighted by Crippen LogP contribution is 2.36. The molecule has 0 fully saturated rings. The van der Waals surface area contributed by atoms with Crippen molar-refractivity contribution >= 4 is 35.1 Å². The van der Waals surface area contributed by atoms with Crippen LogP contribution in [0.15, 0.2) is 48.5 Å². The highest BCUT2D eigenvalue weighted by Gasteiger charge is 2.34. The number of nitrogens with zero attached hydrogens (tertiary/aromatic N) is 1. The molecule has 9 heteroatoms. The summed E-state index contributed by atoms with van der Waals surface area (Å²) < 4.78 is 18.5. The molecule has 0 bridgehead atoms. The minimum absolute atomic E-state index is 0.507. The molecule has 8 nitrogen and oxygen atoms in total. The van der Waals surface area contributed by atoms with Gasteiger partial charge in [0.25, 0.3) is 5.91 Å². The van der Waals surface area contributed by atoms with Gasteiger partial charge >= 0.3 is 12.1 Å². The molecule has 1 aliphatic rings. The van der Waals surface area contributed by atoms with Gasteiger partial charge in [-0.3, -0.25) is 14.4 Å². The number of ether oxygens (including phenoxy) is 1. The van der Waals surface area contributed by atoms with Crippen molar-refractivity contribution < 1.29 is 33.4 Å². The quantitative estimate of drug-likeness (QED) is 0.610. The number of benzene rings is 2. The Morgan fingerprint density at radius 1 is 1.00 bits per heavy atom. The van der Waals surface area contributed by atoms with Crippen molar-refractivity contribution in [2.24, 2.45) is 5.92 Å². The maximum Gasteiger partial charge on any atom is 0.419 e. The summed E-state index contributed by atoms with van der Waals surface area (Å²) in [6.45, 7) is 1.86. The van der Waals surface area contributed by atoms with E-state index in [1.807, 2.05) is 24.3 Å². The van der Waals surface area contributed by atoms with Crippen LogP contribution in [0.3, 0.4) is 0 Å². The number of amides is 2. The average Bonchev–Trinajstić information content (AvgIpc) is 2.97. The molecule has 2 aromatic carbocycles. The SMILES string of the molecule is CC(C)C(OC(=O)N1c2ccccc2CCc2ccccc21)C(=O)NC(CC(=O)O)C(=O)CF. The predicted octanol–water partition coefficient (Wildman–Crippen LogP) is 3.58. The van der Waals surface area contributed by atoms with E-state index < -0.39 is 54.9 Å². The number of carboxylic acid groups (broad SMARTS) is 1. The van der Waals surface area contributed by atoms with Crippen molar-refractivity contribution in [2.75, 3.05) is 11.6 Å². The van der Waals surface area contributed by atoms with Gasteiger partial charge in [0.2, 0.25) is 0 Å². The van der Waals surface area contributed by atoms with E-state index in [-0.39, 0.29) is 0 Å². The molecule has 1 heterocycles. The fourth-order valence-electron chi connectivity index (χ4n) is 3.90. The van der Waals surface area contributed by atoms with Gasteiger partial charge in [0.05, 0.1) is 17.8 Å². The van der Waals surface area contributed by atoms with E-state index in [0.29, 0.717) is 24.2 Å². The normalized spacial score (nSPS) is 14.3. The Morgan fingerprint density at radius 2 is 1.53 bits per heavy atom. The topological polar surface area (TPSA) is 113 Å². The summed E-state index contributed by atoms with van der Waals surface area (Å²) in [4.78, 5) is 50.6. The maximum absolute atomic E-state index is 13.5. The number of ketones is 1. The first-order valence-corrected chi connectivity index (χ1v) is 11.0. The van der Waals surface area contributed by atoms with Crippen molar-refractivity contribution in [3.05, 3.63) is 59.7 Å². The average molecular weight is 470 g/mol. The summed E-state index contributed by atoms with van der Waals surface area (Å²) in [5, 5.41) is 11.2. The second-order valence-electron chi connectivity index (χ2n) is 8.40. The van der Waals surface area contributed by atoms with Crippen molar-refractivity contribution in [2.45, 2.75) is 45.3 Å². The van der Waals surface area contributed by atoms with Gasteiger partial charge < -0.3 is 15.2 Å². The Morgan fingerprint density at radius 3 is 2.00 bits per heavy atom. The maximum atomic E-state index is 13.5. The Hall–Kier alpha value is -3.75. The number of Topliss-reactive ketones (excluding diaryl/α,β-unsaturated/α-hetero) is 1. The summed E-state index contributed by atoms with van der Waals surface area (Å²) in [6, 6.07) is 13.3. The highest BCUT2D eigenvalue weighted by atomic mass is 19.1. The monoisotopic (exact) mass is 470 g/mol. The number of rotatable bonds is 8. The molecule has 2 N–H and O–H groups in total. The van der Waals surface area contributed by atoms with Gasteiger partial charge in [-0.25, -0.2) is 14.1 Å². The number of carbonyl (C=O) groups is 4. The molecule has 2 atom stereocenters. The van der Waals surface area contributed by atoms with Crippen molar-refractivity contribution in [3.8, 4) is 0 Å². The number of nitrogens with one attached hydrogen (secondary N) is 1. The molecule has 2 aromatic rings. The molecule has 0 radical (unpaired) electrons. The van der Waals surface area contributed by atoms with Crippen molar-refractivity contribution in [1.82, 2.24) is 5.32 Å². The van der Waals surface area contributed by atoms with E-state index in [1.54, 1.807) is 38.1 Å². The van der Waals surface area contributed by atoms with Gasteiger partial charge in [0, 0.05) is 0 Å². The lowest BCUT2D eigenvalue weighted by atomic mass is 10.0. The summed E-state index contributed by atoms with van der Waals surface area (Å²) in [6.07, 6.45) is -1.47. The van der Waals surface area contributed by atoms with Crippen LogP contribution in [0.4, 0.5) is 20.6 Å². The molecular weight excluding hydrogens is 443 g/mol. The molecule has 2 unspecified atom stereocenters. The van der Waals surface area contributed by atoms with E-state index >= 15 is 0 Å². The van der Waals surface area contributed by atoms with Gasteiger partial charge in [-0.1, -0.05) is 50.2 Å². The molecule has 1 aliphatic heterocycles. The van der Waals surface area contributed by atoms with Crippen LogP contribution in [0, 0.1) is 5.92 Å². The van der Waals surface area contributed by atoms with Crippen LogP contribution in [-0.2, 0) is 32.0 Å². The molecule has 0 saturated carbocycles. The minimum atomic E-state index is -1.56. The third kappa shape index (κ3) is 5.59. The third-order valence-electron chi connectivity index (χ3n) is 5.62. The number of halogens is 1. The smallest absolute Gasteiger partial charge is 0.419 e. The molecule has 34 heavy (non-hydrogen) atoms. The van der Waals surface area contributed by atoms with Crippen molar-refractivity contribution in [1.29, 1.82) is 0 Å². The van der Waals surface area contributed by atoms with Gasteiger partial charge in [-0.2, -0.15) is 0 Å². The minimum Gasteiger partial charge on any atom is -0.481 e. The van der Waals surface area contributed by atoms with Crippen molar-refractivity contribution in [3.63, 3.8) is 0 Å². The summed E-state index contributed by atoms with van der Waals surface area (Å²) in [5.41, 5.74) is 3.15. The van der Waals surface area contributed by atoms with Crippen LogP contribution in [0.5, 0.6) is 0 Å². The van der Waals surface area contributed by atoms with E-state index in [9.17, 15) is 23.6 Å². The second-order valence-corrected chi connectivity index (χ2v) is 8.40. The van der Waals surface area contributed by atoms with Crippen LogP contribution in [0.1, 0.15) is 31.4 Å². The van der Waals surface area contributed by atoms with Crippen LogP contribution in [0.2, 0.25) is 0 Å². The molecular formula is C25H27FN2O6. The number of aliphatic carboxylic acids is 1. The molecule has 0 spiro atoms. The summed E-state index contributed by atoms with van der Waals surface area (Å²) in [5.74, 6) is -3.82. The fraction of sp³-hybridized carbons (Fsp3) is 0.360. The highest BCUT2D eigenvalue weighted by molar-refractivity contribution is 6.00. The third-order valence-corrected chi connectivity index (χ3v) is 5.62. The van der Waals surface area contributed by atoms with E-state index in [1.165, 1.54) is 4.90 Å². The number of hydrogen-bond donors (Lipinski definition) is 2. The van der Waals surface area contributed by atoms with Crippen LogP contribution >= 0.6 is 0 Å². The zero-order valence-corrected chi connectivity index (χ0v) is 19.0. The molecule has 180 valence electrons. The number of fused-ring (bicyclic) bond motifs is 2. The van der Waals surface area contributed by atoms with Crippen LogP contribution < -0.4 is 10.2 Å². The Balaban J connectivity index is 1.89. The number of hydrogen-bond acceptors (Lipinski definition) is 5. The Bertz CT molecular complexity index is 1040. The molecule has 3 rings (SSSR count). The lowest BCUT2D eigenvalue weighted by molar-refractivity contribution is -0.141. The Kier molecular flexibility index (Phi) is 7.99. The molecule has 0 saturated heterocycles. The first kappa shape index (κ1) is 24.9. The zero-order chi connectivity index (χ0) is 24.8.